The number of hydrogen-bond donors (Lipinski definition) is 1. The number of benzene rings is 1. The summed E-state index contributed by atoms with van der Waals surface area (Å²) in [4.78, 5) is 0. The van der Waals surface area contributed by atoms with Crippen molar-refractivity contribution in [3.05, 3.63) is 41.2 Å². The van der Waals surface area contributed by atoms with Gasteiger partial charge in [-0.3, -0.25) is 4.68 Å². The zero-order valence-corrected chi connectivity index (χ0v) is 13.3. The minimum absolute atomic E-state index is 0.129. The van der Waals surface area contributed by atoms with Crippen LogP contribution in [-0.4, -0.2) is 31.0 Å². The minimum Gasteiger partial charge on any atom is -0.493 e. The maximum atomic E-state index is 5.54. The predicted molar refractivity (Wildman–Crippen MR) is 83.0 cm³/mol. The number of aryl methyl sites for hydroxylation is 2. The van der Waals surface area contributed by atoms with Crippen LogP contribution in [0.5, 0.6) is 11.5 Å². The van der Waals surface area contributed by atoms with Crippen LogP contribution in [0.3, 0.4) is 0 Å². The maximum Gasteiger partial charge on any atom is 0.165 e. The highest BCUT2D eigenvalue weighted by Gasteiger charge is 2.19. The summed E-state index contributed by atoms with van der Waals surface area (Å²) in [5.74, 6) is 1.52. The van der Waals surface area contributed by atoms with Crippen molar-refractivity contribution in [2.75, 3.05) is 21.3 Å². The molecule has 114 valence electrons. The Morgan fingerprint density at radius 3 is 2.57 bits per heavy atom. The third-order valence-corrected chi connectivity index (χ3v) is 3.67. The summed E-state index contributed by atoms with van der Waals surface area (Å²) < 4.78 is 12.8. The lowest BCUT2D eigenvalue weighted by atomic mass is 10.0. The van der Waals surface area contributed by atoms with Crippen LogP contribution in [0, 0.1) is 6.92 Å². The standard InChI is InChI=1S/C16H23N3O2/c1-11-9-12(19(3)18-11)10-14(17-2)13-7-6-8-15(20-4)16(13)21-5/h6-9,14,17H,10H2,1-5H3. The van der Waals surface area contributed by atoms with Gasteiger partial charge < -0.3 is 14.8 Å². The Hall–Kier alpha value is -2.01. The highest BCUT2D eigenvalue weighted by Crippen LogP contribution is 2.35. The van der Waals surface area contributed by atoms with Gasteiger partial charge in [0.25, 0.3) is 0 Å². The molecule has 0 radical (unpaired) electrons. The fourth-order valence-corrected chi connectivity index (χ4v) is 2.62. The van der Waals surface area contributed by atoms with E-state index in [-0.39, 0.29) is 6.04 Å². The second-order valence-electron chi connectivity index (χ2n) is 5.03. The van der Waals surface area contributed by atoms with Crippen molar-refractivity contribution < 1.29 is 9.47 Å². The number of methoxy groups -OCH3 is 2. The first-order valence-electron chi connectivity index (χ1n) is 6.98. The number of nitrogens with zero attached hydrogens (tertiary/aromatic N) is 2. The average molecular weight is 289 g/mol. The molecule has 0 aliphatic heterocycles. The van der Waals surface area contributed by atoms with Crippen molar-refractivity contribution in [3.8, 4) is 11.5 Å². The molecule has 0 fully saturated rings. The summed E-state index contributed by atoms with van der Waals surface area (Å²) in [6.07, 6.45) is 0.831. The Labute approximate surface area is 125 Å². The topological polar surface area (TPSA) is 48.3 Å². The molecule has 2 aromatic rings. The molecule has 1 atom stereocenters. The summed E-state index contributed by atoms with van der Waals surface area (Å²) in [5.41, 5.74) is 3.29. The molecule has 21 heavy (non-hydrogen) atoms. The SMILES string of the molecule is CNC(Cc1cc(C)nn1C)c1cccc(OC)c1OC. The zero-order valence-electron chi connectivity index (χ0n) is 13.3. The van der Waals surface area contributed by atoms with Crippen LogP contribution in [-0.2, 0) is 13.5 Å². The van der Waals surface area contributed by atoms with Crippen molar-refractivity contribution in [2.24, 2.45) is 7.05 Å². The van der Waals surface area contributed by atoms with Gasteiger partial charge in [-0.05, 0) is 26.1 Å². The van der Waals surface area contributed by atoms with Gasteiger partial charge in [0.15, 0.2) is 11.5 Å². The highest BCUT2D eigenvalue weighted by molar-refractivity contribution is 5.48. The van der Waals surface area contributed by atoms with Gasteiger partial charge in [0.05, 0.1) is 19.9 Å². The van der Waals surface area contributed by atoms with Crippen LogP contribution in [0.15, 0.2) is 24.3 Å². The van der Waals surface area contributed by atoms with Crippen molar-refractivity contribution in [3.63, 3.8) is 0 Å². The largest absolute Gasteiger partial charge is 0.493 e. The Balaban J connectivity index is 2.35. The number of hydrogen-bond acceptors (Lipinski definition) is 4. The van der Waals surface area contributed by atoms with E-state index in [1.165, 1.54) is 5.69 Å². The molecule has 0 saturated heterocycles. The second kappa shape index (κ2) is 6.63. The number of para-hydroxylation sites is 1. The van der Waals surface area contributed by atoms with Crippen LogP contribution in [0.2, 0.25) is 0 Å². The molecule has 2 rings (SSSR count). The second-order valence-corrected chi connectivity index (χ2v) is 5.03. The Bertz CT molecular complexity index is 608. The van der Waals surface area contributed by atoms with Crippen LogP contribution >= 0.6 is 0 Å². The smallest absolute Gasteiger partial charge is 0.165 e. The van der Waals surface area contributed by atoms with E-state index in [1.54, 1.807) is 14.2 Å². The van der Waals surface area contributed by atoms with Crippen LogP contribution in [0.4, 0.5) is 0 Å². The lowest BCUT2D eigenvalue weighted by Gasteiger charge is -2.21. The first-order valence-corrected chi connectivity index (χ1v) is 6.98. The van der Waals surface area contributed by atoms with Gasteiger partial charge in [-0.25, -0.2) is 0 Å². The lowest BCUT2D eigenvalue weighted by molar-refractivity contribution is 0.347. The first-order chi connectivity index (χ1) is 10.1. The van der Waals surface area contributed by atoms with Crippen molar-refractivity contribution in [1.82, 2.24) is 15.1 Å². The van der Waals surface area contributed by atoms with E-state index >= 15 is 0 Å². The third kappa shape index (κ3) is 3.19. The molecule has 1 heterocycles. The van der Waals surface area contributed by atoms with Gasteiger partial charge in [-0.15, -0.1) is 0 Å². The van der Waals surface area contributed by atoms with E-state index in [0.717, 1.165) is 29.2 Å². The molecule has 5 heteroatoms. The van der Waals surface area contributed by atoms with Gasteiger partial charge in [-0.2, -0.15) is 5.10 Å². The highest BCUT2D eigenvalue weighted by atomic mass is 16.5. The van der Waals surface area contributed by atoms with E-state index in [1.807, 2.05) is 37.8 Å². The molecule has 0 bridgehead atoms. The predicted octanol–water partition coefficient (Wildman–Crippen LogP) is 2.25. The quantitative estimate of drug-likeness (QED) is 0.886. The summed E-state index contributed by atoms with van der Waals surface area (Å²) in [6, 6.07) is 8.19. The summed E-state index contributed by atoms with van der Waals surface area (Å²) >= 11 is 0. The summed E-state index contributed by atoms with van der Waals surface area (Å²) in [7, 11) is 7.24. The third-order valence-electron chi connectivity index (χ3n) is 3.67. The van der Waals surface area contributed by atoms with Crippen LogP contribution < -0.4 is 14.8 Å². The van der Waals surface area contributed by atoms with E-state index in [9.17, 15) is 0 Å². The summed E-state index contributed by atoms with van der Waals surface area (Å²) in [6.45, 7) is 2.00. The normalized spacial score (nSPS) is 12.2. The zero-order chi connectivity index (χ0) is 15.4. The molecule has 1 unspecified atom stereocenters. The average Bonchev–Trinajstić information content (AvgIpc) is 2.81. The fourth-order valence-electron chi connectivity index (χ4n) is 2.62. The molecule has 0 amide bonds. The molecule has 1 N–H and O–H groups in total. The van der Waals surface area contributed by atoms with Crippen molar-refractivity contribution in [1.29, 1.82) is 0 Å². The van der Waals surface area contributed by atoms with Gasteiger partial charge >= 0.3 is 0 Å². The maximum absolute atomic E-state index is 5.54. The molecule has 0 aliphatic rings. The molecule has 0 spiro atoms. The van der Waals surface area contributed by atoms with E-state index in [2.05, 4.69) is 22.5 Å². The molecule has 0 saturated carbocycles. The Kier molecular flexibility index (Phi) is 4.85. The molecular weight excluding hydrogens is 266 g/mol. The lowest BCUT2D eigenvalue weighted by Crippen LogP contribution is -2.21. The first kappa shape index (κ1) is 15.4. The molecular formula is C16H23N3O2. The Morgan fingerprint density at radius 2 is 2.05 bits per heavy atom. The Morgan fingerprint density at radius 1 is 1.29 bits per heavy atom. The van der Waals surface area contributed by atoms with Gasteiger partial charge in [0.2, 0.25) is 0 Å². The van der Waals surface area contributed by atoms with Gasteiger partial charge in [0.1, 0.15) is 0 Å². The van der Waals surface area contributed by atoms with Gasteiger partial charge in [-0.1, -0.05) is 12.1 Å². The van der Waals surface area contributed by atoms with Crippen molar-refractivity contribution >= 4 is 0 Å². The summed E-state index contributed by atoms with van der Waals surface area (Å²) in [5, 5.41) is 7.75. The number of ether oxygens (including phenoxy) is 2. The fraction of sp³-hybridized carbons (Fsp3) is 0.438. The molecule has 1 aromatic heterocycles. The number of rotatable bonds is 6. The van der Waals surface area contributed by atoms with E-state index in [4.69, 9.17) is 9.47 Å². The van der Waals surface area contributed by atoms with Crippen LogP contribution in [0.1, 0.15) is 23.0 Å². The monoisotopic (exact) mass is 289 g/mol. The number of likely N-dealkylation sites (N-methyl/N-ethyl adjacent to an activating group) is 1. The minimum atomic E-state index is 0.129. The van der Waals surface area contributed by atoms with E-state index < -0.39 is 0 Å². The van der Waals surface area contributed by atoms with E-state index in [0.29, 0.717) is 0 Å². The van der Waals surface area contributed by atoms with Crippen LogP contribution in [0.25, 0.3) is 0 Å². The number of aromatic nitrogens is 2. The molecule has 0 aliphatic carbocycles. The number of nitrogens with one attached hydrogen (secondary N) is 1. The van der Waals surface area contributed by atoms with Gasteiger partial charge in [0, 0.05) is 30.8 Å². The van der Waals surface area contributed by atoms with Crippen molar-refractivity contribution in [2.45, 2.75) is 19.4 Å². The molecule has 5 nitrogen and oxygen atoms in total. The molecule has 1 aromatic carbocycles.